The van der Waals surface area contributed by atoms with Crippen LogP contribution in [-0.4, -0.2) is 59.0 Å². The molecule has 5 nitrogen and oxygen atoms in total. The van der Waals surface area contributed by atoms with Crippen LogP contribution in [0.4, 0.5) is 0 Å². The molecule has 0 aliphatic rings. The van der Waals surface area contributed by atoms with Gasteiger partial charge in [-0.3, -0.25) is 0 Å². The van der Waals surface area contributed by atoms with Crippen LogP contribution in [0.15, 0.2) is 0 Å². The summed E-state index contributed by atoms with van der Waals surface area (Å²) in [6.45, 7) is 35.9. The van der Waals surface area contributed by atoms with E-state index in [0.717, 1.165) is 12.1 Å². The van der Waals surface area contributed by atoms with Gasteiger partial charge in [0.15, 0.2) is 41.6 Å². The average Bonchev–Trinajstić information content (AvgIpc) is 2.24. The van der Waals surface area contributed by atoms with Crippen LogP contribution >= 0.6 is 0 Å². The minimum Gasteiger partial charge on any atom is -0.437 e. The first kappa shape index (κ1) is 31.3. The Bertz CT molecular complexity index is 483. The van der Waals surface area contributed by atoms with E-state index in [1.807, 2.05) is 0 Å². The van der Waals surface area contributed by atoms with Crippen molar-refractivity contribution < 1.29 is 20.6 Å². The molecule has 0 aromatic heterocycles. The lowest BCUT2D eigenvalue weighted by atomic mass is 10.9. The van der Waals surface area contributed by atoms with Crippen molar-refractivity contribution in [2.45, 2.75) is 117 Å². The molecule has 12 heteroatoms. The molecule has 0 aliphatic carbocycles. The van der Waals surface area contributed by atoms with E-state index in [1.165, 1.54) is 0 Å². The lowest BCUT2D eigenvalue weighted by molar-refractivity contribution is 0.251. The summed E-state index contributed by atoms with van der Waals surface area (Å²) in [6.07, 6.45) is 0. The van der Waals surface area contributed by atoms with Gasteiger partial charge in [-0.15, -0.1) is 0 Å². The second-order valence-corrected chi connectivity index (χ2v) is 43.2. The van der Waals surface area contributed by atoms with E-state index in [-0.39, 0.29) is 0 Å². The van der Waals surface area contributed by atoms with E-state index in [0.29, 0.717) is 0 Å². The summed E-state index contributed by atoms with van der Waals surface area (Å²) in [5, 5.41) is 0. The summed E-state index contributed by atoms with van der Waals surface area (Å²) in [7, 11) is -14.4. The van der Waals surface area contributed by atoms with Gasteiger partial charge in [0.25, 0.3) is 0 Å². The topological polar surface area (TPSA) is 46.2 Å². The van der Waals surface area contributed by atoms with Crippen LogP contribution in [-0.2, 0) is 20.6 Å². The zero-order chi connectivity index (χ0) is 24.4. The van der Waals surface area contributed by atoms with Crippen LogP contribution in [0.2, 0.25) is 117 Å². The van der Waals surface area contributed by atoms with Crippen LogP contribution in [0.25, 0.3) is 0 Å². The van der Waals surface area contributed by atoms with Gasteiger partial charge in [-0.1, -0.05) is 0 Å². The first-order chi connectivity index (χ1) is 12.7. The molecule has 0 heterocycles. The third kappa shape index (κ3) is 16.0. The maximum atomic E-state index is 6.87. The molecule has 0 aromatic rings. The van der Waals surface area contributed by atoms with Crippen molar-refractivity contribution in [1.29, 1.82) is 0 Å². The van der Waals surface area contributed by atoms with Gasteiger partial charge in [-0.05, 0) is 111 Å². The van der Waals surface area contributed by atoms with Crippen molar-refractivity contribution in [1.82, 2.24) is 0 Å². The third-order valence-corrected chi connectivity index (χ3v) is 25.3. The molecule has 0 amide bonds. The molecule has 0 fully saturated rings. The minimum atomic E-state index is -2.87. The molecule has 0 rings (SSSR count). The van der Waals surface area contributed by atoms with Gasteiger partial charge in [0.2, 0.25) is 0 Å². The lowest BCUT2D eigenvalue weighted by Gasteiger charge is -2.45. The second kappa shape index (κ2) is 10.3. The first-order valence-corrected chi connectivity index (χ1v) is 32.7. The van der Waals surface area contributed by atoms with E-state index < -0.39 is 59.0 Å². The normalized spacial score (nSPS) is 15.6. The third-order valence-electron chi connectivity index (χ3n) is 3.31. The summed E-state index contributed by atoms with van der Waals surface area (Å²) < 4.78 is 34.1. The maximum Gasteiger partial charge on any atom is 0.469 e. The highest BCUT2D eigenvalue weighted by Gasteiger charge is 2.52. The largest absolute Gasteiger partial charge is 0.469 e. The van der Waals surface area contributed by atoms with E-state index in [2.05, 4.69) is 105 Å². The van der Waals surface area contributed by atoms with Gasteiger partial charge in [0.1, 0.15) is 0 Å². The molecular weight excluding hydrogens is 493 g/mol. The summed E-state index contributed by atoms with van der Waals surface area (Å²) in [5.41, 5.74) is 0. The van der Waals surface area contributed by atoms with Crippen molar-refractivity contribution in [2.24, 2.45) is 0 Å². The fraction of sp³-hybridized carbons (Fsp3) is 1.00. The molecule has 30 heavy (non-hydrogen) atoms. The standard InChI is InChI=1S/C18H52O5Si7/c1-24(2,3)19-29(16,20-25(4,5)6)17-18-30(21-26(7,8)9,22-27(10,11)12)23-28(13,14)15/h17-18H2,1-16H3. The van der Waals surface area contributed by atoms with E-state index in [4.69, 9.17) is 20.6 Å². The number of hydrogen-bond acceptors (Lipinski definition) is 5. The molecule has 182 valence electrons. The molecule has 0 aromatic carbocycles. The Hall–Kier alpha value is 1.32. The molecule has 0 bridgehead atoms. The van der Waals surface area contributed by atoms with Gasteiger partial charge < -0.3 is 20.6 Å². The molecule has 0 aliphatic heterocycles. The zero-order valence-corrected chi connectivity index (χ0v) is 30.0. The van der Waals surface area contributed by atoms with Crippen molar-refractivity contribution in [3.8, 4) is 0 Å². The van der Waals surface area contributed by atoms with Gasteiger partial charge in [0, 0.05) is 6.04 Å². The van der Waals surface area contributed by atoms with Crippen molar-refractivity contribution in [3.05, 3.63) is 0 Å². The first-order valence-electron chi connectivity index (χ1n) is 11.2. The summed E-state index contributed by atoms with van der Waals surface area (Å²) in [5.74, 6) is 0. The van der Waals surface area contributed by atoms with E-state index in [1.54, 1.807) is 0 Å². The predicted molar refractivity (Wildman–Crippen MR) is 149 cm³/mol. The Morgan fingerprint density at radius 1 is 0.333 bits per heavy atom. The molecule has 0 N–H and O–H groups in total. The summed E-state index contributed by atoms with van der Waals surface area (Å²) in [4.78, 5) is 0. The molecule has 0 radical (unpaired) electrons. The van der Waals surface area contributed by atoms with Crippen LogP contribution in [0.1, 0.15) is 0 Å². The van der Waals surface area contributed by atoms with Crippen LogP contribution in [0.5, 0.6) is 0 Å². The number of hydrogen-bond donors (Lipinski definition) is 0. The summed E-state index contributed by atoms with van der Waals surface area (Å²) in [6, 6.07) is 1.66. The van der Waals surface area contributed by atoms with Crippen LogP contribution in [0.3, 0.4) is 0 Å². The van der Waals surface area contributed by atoms with Crippen molar-refractivity contribution in [3.63, 3.8) is 0 Å². The monoisotopic (exact) mass is 544 g/mol. The molecule has 0 unspecified atom stereocenters. The maximum absolute atomic E-state index is 6.87. The fourth-order valence-corrected chi connectivity index (χ4v) is 32.2. The lowest BCUT2D eigenvalue weighted by Crippen LogP contribution is -2.62. The van der Waals surface area contributed by atoms with Gasteiger partial charge in [-0.25, -0.2) is 0 Å². The second-order valence-electron chi connectivity index (χ2n) is 13.4. The van der Waals surface area contributed by atoms with E-state index in [9.17, 15) is 0 Å². The predicted octanol–water partition coefficient (Wildman–Crippen LogP) is 7.25. The van der Waals surface area contributed by atoms with Crippen molar-refractivity contribution in [2.75, 3.05) is 0 Å². The Morgan fingerprint density at radius 2 is 0.567 bits per heavy atom. The molecular formula is C18H52O5Si7. The molecule has 0 atom stereocenters. The van der Waals surface area contributed by atoms with Crippen molar-refractivity contribution >= 4 is 59.0 Å². The van der Waals surface area contributed by atoms with E-state index >= 15 is 0 Å². The molecule has 0 saturated carbocycles. The smallest absolute Gasteiger partial charge is 0.437 e. The average molecular weight is 545 g/mol. The highest BCUT2D eigenvalue weighted by Crippen LogP contribution is 2.34. The molecule has 0 spiro atoms. The Morgan fingerprint density at radius 3 is 0.767 bits per heavy atom. The van der Waals surface area contributed by atoms with Gasteiger partial charge in [-0.2, -0.15) is 0 Å². The van der Waals surface area contributed by atoms with Gasteiger partial charge >= 0.3 is 17.4 Å². The summed E-state index contributed by atoms with van der Waals surface area (Å²) >= 11 is 0. The number of rotatable bonds is 13. The highest BCUT2D eigenvalue weighted by molar-refractivity contribution is 6.92. The Labute approximate surface area is 195 Å². The quantitative estimate of drug-likeness (QED) is 0.228. The SMILES string of the molecule is C[Si](C)(C)O[Si](C)(CC[Si](O[Si](C)(C)C)(O[Si](C)(C)C)O[Si](C)(C)C)O[Si](C)(C)C. The Balaban J connectivity index is 6.13. The fourth-order valence-electron chi connectivity index (χ4n) is 3.41. The van der Waals surface area contributed by atoms with Gasteiger partial charge in [0.05, 0.1) is 0 Å². The highest BCUT2D eigenvalue weighted by atomic mass is 28.5. The minimum absolute atomic E-state index is 0.795. The van der Waals surface area contributed by atoms with Crippen LogP contribution < -0.4 is 0 Å². The Kier molecular flexibility index (Phi) is 10.7. The molecule has 0 saturated heterocycles. The van der Waals surface area contributed by atoms with Crippen LogP contribution in [0, 0.1) is 0 Å². The zero-order valence-electron chi connectivity index (χ0n) is 23.0.